The fourth-order valence-electron chi connectivity index (χ4n) is 2.41. The lowest BCUT2D eigenvalue weighted by molar-refractivity contribution is 0.0624. The van der Waals surface area contributed by atoms with Crippen LogP contribution < -0.4 is 5.32 Å². The first-order chi connectivity index (χ1) is 8.69. The summed E-state index contributed by atoms with van der Waals surface area (Å²) in [6.45, 7) is 0.738. The van der Waals surface area contributed by atoms with Gasteiger partial charge in [-0.05, 0) is 43.4 Å². The minimum Gasteiger partial charge on any atom is -0.381 e. The zero-order valence-corrected chi connectivity index (χ0v) is 11.3. The second kappa shape index (κ2) is 6.50. The Labute approximate surface area is 112 Å². The summed E-state index contributed by atoms with van der Waals surface area (Å²) >= 11 is 5.75. The van der Waals surface area contributed by atoms with Crippen molar-refractivity contribution in [1.29, 1.82) is 0 Å². The molecule has 0 bridgehead atoms. The number of hydrogen-bond donors (Lipinski definition) is 1. The number of methoxy groups -OCH3 is 1. The lowest BCUT2D eigenvalue weighted by Gasteiger charge is -2.28. The summed E-state index contributed by atoms with van der Waals surface area (Å²) in [5.41, 5.74) is 1.02. The SMILES string of the molecule is COC1CCC(NCc2ccc(F)c(Cl)c2)CC1. The van der Waals surface area contributed by atoms with E-state index in [9.17, 15) is 4.39 Å². The minimum atomic E-state index is -0.360. The smallest absolute Gasteiger partial charge is 0.141 e. The molecule has 18 heavy (non-hydrogen) atoms. The Morgan fingerprint density at radius 2 is 2.06 bits per heavy atom. The van der Waals surface area contributed by atoms with Gasteiger partial charge in [0, 0.05) is 19.7 Å². The van der Waals surface area contributed by atoms with Crippen LogP contribution in [-0.2, 0) is 11.3 Å². The maximum Gasteiger partial charge on any atom is 0.141 e. The van der Waals surface area contributed by atoms with Crippen LogP contribution in [0.4, 0.5) is 4.39 Å². The van der Waals surface area contributed by atoms with Crippen LogP contribution in [0.15, 0.2) is 18.2 Å². The first kappa shape index (κ1) is 13.8. The summed E-state index contributed by atoms with van der Waals surface area (Å²) < 4.78 is 18.4. The molecule has 1 aromatic rings. The zero-order valence-electron chi connectivity index (χ0n) is 10.6. The molecule has 0 aliphatic heterocycles. The molecular weight excluding hydrogens is 253 g/mol. The van der Waals surface area contributed by atoms with Crippen molar-refractivity contribution < 1.29 is 9.13 Å². The van der Waals surface area contributed by atoms with Gasteiger partial charge in [0.1, 0.15) is 5.82 Å². The van der Waals surface area contributed by atoms with E-state index in [-0.39, 0.29) is 10.8 Å². The number of rotatable bonds is 4. The van der Waals surface area contributed by atoms with Crippen LogP contribution in [0.2, 0.25) is 5.02 Å². The Morgan fingerprint density at radius 1 is 1.33 bits per heavy atom. The molecule has 1 aliphatic carbocycles. The van der Waals surface area contributed by atoms with Crippen molar-refractivity contribution in [2.24, 2.45) is 0 Å². The molecule has 0 atom stereocenters. The molecular formula is C14H19ClFNO. The van der Waals surface area contributed by atoms with Crippen molar-refractivity contribution in [1.82, 2.24) is 5.32 Å². The van der Waals surface area contributed by atoms with Crippen molar-refractivity contribution in [3.05, 3.63) is 34.6 Å². The number of halogens is 2. The second-order valence-electron chi connectivity index (χ2n) is 4.84. The lowest BCUT2D eigenvalue weighted by atomic mass is 9.93. The minimum absolute atomic E-state index is 0.192. The van der Waals surface area contributed by atoms with Crippen LogP contribution >= 0.6 is 11.6 Å². The molecule has 2 rings (SSSR count). The number of nitrogens with one attached hydrogen (secondary N) is 1. The van der Waals surface area contributed by atoms with Gasteiger partial charge in [0.15, 0.2) is 0 Å². The Balaban J connectivity index is 1.79. The number of ether oxygens (including phenoxy) is 1. The molecule has 1 aliphatic rings. The van der Waals surface area contributed by atoms with Gasteiger partial charge in [-0.25, -0.2) is 4.39 Å². The molecule has 0 aromatic heterocycles. The van der Waals surface area contributed by atoms with E-state index in [1.165, 1.54) is 6.07 Å². The summed E-state index contributed by atoms with van der Waals surface area (Å²) in [5, 5.41) is 3.68. The molecule has 4 heteroatoms. The molecule has 1 saturated carbocycles. The van der Waals surface area contributed by atoms with Gasteiger partial charge in [-0.3, -0.25) is 0 Å². The molecule has 2 nitrogen and oxygen atoms in total. The van der Waals surface area contributed by atoms with E-state index in [1.54, 1.807) is 19.2 Å². The highest BCUT2D eigenvalue weighted by atomic mass is 35.5. The van der Waals surface area contributed by atoms with Crippen molar-refractivity contribution in [3.8, 4) is 0 Å². The fraction of sp³-hybridized carbons (Fsp3) is 0.571. The van der Waals surface area contributed by atoms with Gasteiger partial charge in [-0.2, -0.15) is 0 Å². The van der Waals surface area contributed by atoms with E-state index in [0.717, 1.165) is 37.8 Å². The summed E-state index contributed by atoms with van der Waals surface area (Å²) in [6, 6.07) is 5.40. The summed E-state index contributed by atoms with van der Waals surface area (Å²) in [5.74, 6) is -0.360. The normalized spacial score (nSPS) is 24.2. The van der Waals surface area contributed by atoms with E-state index in [2.05, 4.69) is 5.32 Å². The monoisotopic (exact) mass is 271 g/mol. The molecule has 0 spiro atoms. The van der Waals surface area contributed by atoms with Crippen LogP contribution in [0.25, 0.3) is 0 Å². The Hall–Kier alpha value is -0.640. The van der Waals surface area contributed by atoms with Crippen LogP contribution in [-0.4, -0.2) is 19.3 Å². The molecule has 100 valence electrons. The molecule has 0 heterocycles. The maximum absolute atomic E-state index is 13.0. The van der Waals surface area contributed by atoms with Crippen molar-refractivity contribution in [2.75, 3.05) is 7.11 Å². The fourth-order valence-corrected chi connectivity index (χ4v) is 2.62. The predicted octanol–water partition coefficient (Wildman–Crippen LogP) is 3.53. The summed E-state index contributed by atoms with van der Waals surface area (Å²) in [6.07, 6.45) is 4.90. The van der Waals surface area contributed by atoms with Gasteiger partial charge < -0.3 is 10.1 Å². The van der Waals surface area contributed by atoms with E-state index in [1.807, 2.05) is 0 Å². The molecule has 0 radical (unpaired) electrons. The predicted molar refractivity (Wildman–Crippen MR) is 71.3 cm³/mol. The van der Waals surface area contributed by atoms with Crippen molar-refractivity contribution in [2.45, 2.75) is 44.4 Å². The Kier molecular flexibility index (Phi) is 4.98. The Bertz CT molecular complexity index is 391. The second-order valence-corrected chi connectivity index (χ2v) is 5.25. The van der Waals surface area contributed by atoms with E-state index in [0.29, 0.717) is 12.1 Å². The van der Waals surface area contributed by atoms with Gasteiger partial charge in [0.2, 0.25) is 0 Å². The number of benzene rings is 1. The van der Waals surface area contributed by atoms with Crippen LogP contribution in [0.1, 0.15) is 31.2 Å². The largest absolute Gasteiger partial charge is 0.381 e. The van der Waals surface area contributed by atoms with Gasteiger partial charge in [-0.15, -0.1) is 0 Å². The van der Waals surface area contributed by atoms with Gasteiger partial charge in [-0.1, -0.05) is 17.7 Å². The highest BCUT2D eigenvalue weighted by molar-refractivity contribution is 6.30. The van der Waals surface area contributed by atoms with E-state index >= 15 is 0 Å². The first-order valence-corrected chi connectivity index (χ1v) is 6.77. The van der Waals surface area contributed by atoms with Crippen molar-refractivity contribution in [3.63, 3.8) is 0 Å². The molecule has 1 N–H and O–H groups in total. The standard InChI is InChI=1S/C14H19ClFNO/c1-18-12-5-3-11(4-6-12)17-9-10-2-7-14(16)13(15)8-10/h2,7-8,11-12,17H,3-6,9H2,1H3. The zero-order chi connectivity index (χ0) is 13.0. The molecule has 0 unspecified atom stereocenters. The summed E-state index contributed by atoms with van der Waals surface area (Å²) in [4.78, 5) is 0. The Morgan fingerprint density at radius 3 is 2.67 bits per heavy atom. The van der Waals surface area contributed by atoms with Gasteiger partial charge in [0.05, 0.1) is 11.1 Å². The topological polar surface area (TPSA) is 21.3 Å². The van der Waals surface area contributed by atoms with Crippen LogP contribution in [0.3, 0.4) is 0 Å². The average molecular weight is 272 g/mol. The van der Waals surface area contributed by atoms with Crippen molar-refractivity contribution >= 4 is 11.6 Å². The highest BCUT2D eigenvalue weighted by Crippen LogP contribution is 2.21. The molecule has 0 amide bonds. The number of hydrogen-bond acceptors (Lipinski definition) is 2. The third-order valence-electron chi connectivity index (χ3n) is 3.59. The lowest BCUT2D eigenvalue weighted by Crippen LogP contribution is -2.34. The van der Waals surface area contributed by atoms with Gasteiger partial charge in [0.25, 0.3) is 0 Å². The molecule has 1 aromatic carbocycles. The average Bonchev–Trinajstić information content (AvgIpc) is 2.41. The van der Waals surface area contributed by atoms with E-state index in [4.69, 9.17) is 16.3 Å². The summed E-state index contributed by atoms with van der Waals surface area (Å²) in [7, 11) is 1.78. The molecule has 1 fully saturated rings. The quantitative estimate of drug-likeness (QED) is 0.905. The third-order valence-corrected chi connectivity index (χ3v) is 3.88. The third kappa shape index (κ3) is 3.67. The highest BCUT2D eigenvalue weighted by Gasteiger charge is 2.20. The molecule has 0 saturated heterocycles. The van der Waals surface area contributed by atoms with E-state index < -0.39 is 0 Å². The maximum atomic E-state index is 13.0. The first-order valence-electron chi connectivity index (χ1n) is 6.39. The van der Waals surface area contributed by atoms with Crippen LogP contribution in [0.5, 0.6) is 0 Å². The van der Waals surface area contributed by atoms with Gasteiger partial charge >= 0.3 is 0 Å². The van der Waals surface area contributed by atoms with Crippen LogP contribution in [0, 0.1) is 5.82 Å².